The van der Waals surface area contributed by atoms with Crippen molar-refractivity contribution in [2.45, 2.75) is 25.4 Å². The van der Waals surface area contributed by atoms with E-state index in [-0.39, 0.29) is 23.2 Å². The Morgan fingerprint density at radius 3 is 2.80 bits per heavy atom. The van der Waals surface area contributed by atoms with Gasteiger partial charge in [0.1, 0.15) is 17.3 Å². The van der Waals surface area contributed by atoms with Gasteiger partial charge in [0.15, 0.2) is 11.9 Å². The number of likely N-dealkylation sites (tertiary alicyclic amines) is 1. The molecule has 30 heavy (non-hydrogen) atoms. The topological polar surface area (TPSA) is 88.2 Å². The molecule has 8 heteroatoms. The third-order valence-electron chi connectivity index (χ3n) is 5.06. The summed E-state index contributed by atoms with van der Waals surface area (Å²) in [6.07, 6.45) is 1.64. The Kier molecular flexibility index (Phi) is 5.56. The van der Waals surface area contributed by atoms with Gasteiger partial charge in [0.2, 0.25) is 0 Å². The van der Waals surface area contributed by atoms with Gasteiger partial charge in [-0.05, 0) is 49.7 Å². The second-order valence-corrected chi connectivity index (χ2v) is 7.22. The van der Waals surface area contributed by atoms with Crippen molar-refractivity contribution in [1.82, 2.24) is 19.9 Å². The largest absolute Gasteiger partial charge is 0.481 e. The number of aromatic amines is 1. The zero-order valence-corrected chi connectivity index (χ0v) is 16.4. The number of H-pyrrole nitrogens is 1. The minimum Gasteiger partial charge on any atom is -0.481 e. The van der Waals surface area contributed by atoms with Crippen LogP contribution in [0.15, 0.2) is 59.5 Å². The van der Waals surface area contributed by atoms with E-state index in [1.165, 1.54) is 30.3 Å². The van der Waals surface area contributed by atoms with E-state index in [0.29, 0.717) is 42.5 Å². The van der Waals surface area contributed by atoms with Gasteiger partial charge in [-0.25, -0.2) is 9.37 Å². The maximum atomic E-state index is 13.0. The molecule has 3 heterocycles. The fourth-order valence-electron chi connectivity index (χ4n) is 3.54. The zero-order chi connectivity index (χ0) is 21.1. The molecule has 0 bridgehead atoms. The summed E-state index contributed by atoms with van der Waals surface area (Å²) in [6.45, 7) is 2.67. The fourth-order valence-corrected chi connectivity index (χ4v) is 3.54. The molecule has 154 valence electrons. The highest BCUT2D eigenvalue weighted by molar-refractivity contribution is 5.81. The van der Waals surface area contributed by atoms with Crippen LogP contribution in [-0.4, -0.2) is 45.0 Å². The molecule has 3 aromatic rings. The second kappa shape index (κ2) is 8.44. The van der Waals surface area contributed by atoms with Gasteiger partial charge in [-0.3, -0.25) is 14.6 Å². The quantitative estimate of drug-likeness (QED) is 0.701. The number of ether oxygens (including phenoxy) is 1. The van der Waals surface area contributed by atoms with E-state index in [1.54, 1.807) is 30.2 Å². The van der Waals surface area contributed by atoms with Crippen molar-refractivity contribution >= 4 is 5.91 Å². The van der Waals surface area contributed by atoms with Gasteiger partial charge in [0.25, 0.3) is 11.5 Å². The van der Waals surface area contributed by atoms with E-state index in [4.69, 9.17) is 4.74 Å². The van der Waals surface area contributed by atoms with Crippen LogP contribution in [0.4, 0.5) is 4.39 Å². The molecule has 1 fully saturated rings. The molecule has 1 saturated heterocycles. The number of hydrogen-bond donors (Lipinski definition) is 1. The normalized spacial score (nSPS) is 17.0. The first kappa shape index (κ1) is 19.8. The van der Waals surface area contributed by atoms with Crippen LogP contribution in [0, 0.1) is 5.82 Å². The highest BCUT2D eigenvalue weighted by Crippen LogP contribution is 2.27. The monoisotopic (exact) mass is 408 g/mol. The Balaban J connectivity index is 1.45. The van der Waals surface area contributed by atoms with Crippen molar-refractivity contribution in [3.8, 4) is 17.3 Å². The third kappa shape index (κ3) is 4.37. The number of halogens is 1. The summed E-state index contributed by atoms with van der Waals surface area (Å²) in [5.74, 6) is 0.285. The number of aromatic nitrogens is 3. The molecule has 2 atom stereocenters. The van der Waals surface area contributed by atoms with E-state index in [2.05, 4.69) is 15.0 Å². The lowest BCUT2D eigenvalue weighted by Crippen LogP contribution is -2.39. The van der Waals surface area contributed by atoms with Gasteiger partial charge in [-0.15, -0.1) is 0 Å². The molecule has 0 aliphatic carbocycles. The average molecular weight is 408 g/mol. The lowest BCUT2D eigenvalue weighted by Gasteiger charge is -2.22. The number of nitrogens with one attached hydrogen (secondary N) is 1. The summed E-state index contributed by atoms with van der Waals surface area (Å²) in [5.41, 5.74) is 0.976. The maximum Gasteiger partial charge on any atom is 0.263 e. The summed E-state index contributed by atoms with van der Waals surface area (Å²) in [6, 6.07) is 12.4. The number of nitrogens with zero attached hydrogens (tertiary/aromatic N) is 3. The Labute approximate surface area is 172 Å². The van der Waals surface area contributed by atoms with Crippen LogP contribution in [0.5, 0.6) is 5.75 Å². The number of rotatable bonds is 5. The van der Waals surface area contributed by atoms with Crippen LogP contribution >= 0.6 is 0 Å². The van der Waals surface area contributed by atoms with Gasteiger partial charge in [0, 0.05) is 31.3 Å². The Morgan fingerprint density at radius 2 is 2.07 bits per heavy atom. The molecular weight excluding hydrogens is 387 g/mol. The number of hydrogen-bond acceptors (Lipinski definition) is 5. The average Bonchev–Trinajstić information content (AvgIpc) is 3.25. The second-order valence-electron chi connectivity index (χ2n) is 7.22. The van der Waals surface area contributed by atoms with Gasteiger partial charge in [-0.2, -0.15) is 0 Å². The lowest BCUT2D eigenvalue weighted by molar-refractivity contribution is -0.136. The summed E-state index contributed by atoms with van der Waals surface area (Å²) in [7, 11) is 0. The standard InChI is InChI=1S/C22H21FN4O3/c1-14(30-17-7-5-16(23)6-8-17)22(29)27-11-9-15(13-27)19-12-20(28)26-21(25-19)18-4-2-3-10-24-18/h2-8,10,12,14-15H,9,11,13H2,1H3,(H,25,26,28)/t14-,15+/m0/s1. The molecule has 0 unspecified atom stereocenters. The van der Waals surface area contributed by atoms with E-state index >= 15 is 0 Å². The third-order valence-corrected chi connectivity index (χ3v) is 5.06. The summed E-state index contributed by atoms with van der Waals surface area (Å²) < 4.78 is 18.7. The van der Waals surface area contributed by atoms with Crippen molar-refractivity contribution in [3.05, 3.63) is 76.6 Å². The van der Waals surface area contributed by atoms with Gasteiger partial charge in [-0.1, -0.05) is 6.07 Å². The van der Waals surface area contributed by atoms with Crippen LogP contribution in [0.25, 0.3) is 11.5 Å². The molecule has 1 N–H and O–H groups in total. The minimum absolute atomic E-state index is 0.0447. The smallest absolute Gasteiger partial charge is 0.263 e. The maximum absolute atomic E-state index is 13.0. The Bertz CT molecular complexity index is 1090. The van der Waals surface area contributed by atoms with Crippen molar-refractivity contribution in [2.24, 2.45) is 0 Å². The molecule has 0 spiro atoms. The van der Waals surface area contributed by atoms with Gasteiger partial charge in [0.05, 0.1) is 5.69 Å². The zero-order valence-electron chi connectivity index (χ0n) is 16.4. The number of benzene rings is 1. The van der Waals surface area contributed by atoms with Crippen LogP contribution in [-0.2, 0) is 4.79 Å². The molecular formula is C22H21FN4O3. The van der Waals surface area contributed by atoms with Crippen LogP contribution < -0.4 is 10.3 Å². The first-order chi connectivity index (χ1) is 14.5. The molecule has 1 aliphatic heterocycles. The number of pyridine rings is 1. The molecule has 0 radical (unpaired) electrons. The minimum atomic E-state index is -0.703. The van der Waals surface area contributed by atoms with E-state index in [9.17, 15) is 14.0 Å². The number of carbonyl (C=O) groups is 1. The summed E-state index contributed by atoms with van der Waals surface area (Å²) in [5, 5.41) is 0. The molecule has 0 saturated carbocycles. The first-order valence-corrected chi connectivity index (χ1v) is 9.73. The van der Waals surface area contributed by atoms with Crippen LogP contribution in [0.2, 0.25) is 0 Å². The highest BCUT2D eigenvalue weighted by Gasteiger charge is 2.31. The Hall–Kier alpha value is -3.55. The van der Waals surface area contributed by atoms with Crippen molar-refractivity contribution in [3.63, 3.8) is 0 Å². The van der Waals surface area contributed by atoms with Crippen molar-refractivity contribution < 1.29 is 13.9 Å². The Morgan fingerprint density at radius 1 is 1.27 bits per heavy atom. The summed E-state index contributed by atoms with van der Waals surface area (Å²) in [4.78, 5) is 38.2. The highest BCUT2D eigenvalue weighted by atomic mass is 19.1. The first-order valence-electron chi connectivity index (χ1n) is 9.73. The number of carbonyl (C=O) groups excluding carboxylic acids is 1. The van der Waals surface area contributed by atoms with E-state index in [0.717, 1.165) is 0 Å². The van der Waals surface area contributed by atoms with Crippen molar-refractivity contribution in [2.75, 3.05) is 13.1 Å². The van der Waals surface area contributed by atoms with E-state index < -0.39 is 6.10 Å². The predicted molar refractivity (Wildman–Crippen MR) is 109 cm³/mol. The predicted octanol–water partition coefficient (Wildman–Crippen LogP) is 2.75. The molecule has 1 aliphatic rings. The van der Waals surface area contributed by atoms with Gasteiger partial charge < -0.3 is 14.6 Å². The molecule has 2 aromatic heterocycles. The van der Waals surface area contributed by atoms with Crippen LogP contribution in [0.3, 0.4) is 0 Å². The van der Waals surface area contributed by atoms with Crippen LogP contribution in [0.1, 0.15) is 25.0 Å². The van der Waals surface area contributed by atoms with Crippen molar-refractivity contribution in [1.29, 1.82) is 0 Å². The van der Waals surface area contributed by atoms with E-state index in [1.807, 2.05) is 6.07 Å². The van der Waals surface area contributed by atoms with Gasteiger partial charge >= 0.3 is 0 Å². The molecule has 4 rings (SSSR count). The number of amides is 1. The SMILES string of the molecule is C[C@H](Oc1ccc(F)cc1)C(=O)N1CC[C@@H](c2cc(=O)[nH]c(-c3ccccn3)n2)C1. The molecule has 1 amide bonds. The lowest BCUT2D eigenvalue weighted by atomic mass is 10.0. The molecule has 1 aromatic carbocycles. The summed E-state index contributed by atoms with van der Waals surface area (Å²) >= 11 is 0. The molecule has 7 nitrogen and oxygen atoms in total. The fraction of sp³-hybridized carbons (Fsp3) is 0.273.